The zero-order valence-corrected chi connectivity index (χ0v) is 11.8. The first kappa shape index (κ1) is 14.9. The lowest BCUT2D eigenvalue weighted by atomic mass is 10.2. The molecule has 0 radical (unpaired) electrons. The van der Waals surface area contributed by atoms with Gasteiger partial charge in [0.1, 0.15) is 0 Å². The van der Waals surface area contributed by atoms with E-state index < -0.39 is 9.84 Å². The normalized spacial score (nSPS) is 19.6. The lowest BCUT2D eigenvalue weighted by Crippen LogP contribution is -2.37. The monoisotopic (exact) mass is 263 g/mol. The van der Waals surface area contributed by atoms with Crippen molar-refractivity contribution in [1.29, 1.82) is 0 Å². The summed E-state index contributed by atoms with van der Waals surface area (Å²) in [7, 11) is -1.37. The van der Waals surface area contributed by atoms with Gasteiger partial charge in [0, 0.05) is 26.3 Å². The van der Waals surface area contributed by atoms with Gasteiger partial charge in [-0.15, -0.1) is 0 Å². The smallest absolute Gasteiger partial charge is 0.154 e. The van der Waals surface area contributed by atoms with Crippen LogP contribution in [0, 0.1) is 0 Å². The molecule has 5 heteroatoms. The standard InChI is InChI=1S/C12H25NO3S/c1-11(10-13-12-6-3-4-7-12)17(14,15)9-5-8-16-2/h11-13H,3-10H2,1-2H3. The highest BCUT2D eigenvalue weighted by molar-refractivity contribution is 7.92. The van der Waals surface area contributed by atoms with Crippen molar-refractivity contribution in [3.8, 4) is 0 Å². The number of ether oxygens (including phenoxy) is 1. The zero-order chi connectivity index (χ0) is 12.7. The van der Waals surface area contributed by atoms with Crippen LogP contribution >= 0.6 is 0 Å². The molecule has 1 atom stereocenters. The Kier molecular flexibility index (Phi) is 6.44. The van der Waals surface area contributed by atoms with E-state index in [9.17, 15) is 8.42 Å². The molecule has 0 bridgehead atoms. The Hall–Kier alpha value is -0.130. The van der Waals surface area contributed by atoms with Gasteiger partial charge in [0.15, 0.2) is 9.84 Å². The minimum Gasteiger partial charge on any atom is -0.385 e. The van der Waals surface area contributed by atoms with E-state index in [0.29, 0.717) is 25.6 Å². The van der Waals surface area contributed by atoms with E-state index in [1.165, 1.54) is 25.7 Å². The van der Waals surface area contributed by atoms with E-state index in [1.54, 1.807) is 14.0 Å². The molecule has 1 saturated carbocycles. The highest BCUT2D eigenvalue weighted by atomic mass is 32.2. The highest BCUT2D eigenvalue weighted by Crippen LogP contribution is 2.17. The van der Waals surface area contributed by atoms with Gasteiger partial charge in [0.2, 0.25) is 0 Å². The maximum Gasteiger partial charge on any atom is 0.154 e. The van der Waals surface area contributed by atoms with Crippen molar-refractivity contribution in [2.24, 2.45) is 0 Å². The van der Waals surface area contributed by atoms with Gasteiger partial charge in [-0.25, -0.2) is 8.42 Å². The predicted molar refractivity (Wildman–Crippen MR) is 70.0 cm³/mol. The second kappa shape index (κ2) is 7.34. The third-order valence-electron chi connectivity index (χ3n) is 3.44. The molecule has 0 heterocycles. The maximum absolute atomic E-state index is 11.9. The average Bonchev–Trinajstić information content (AvgIpc) is 2.78. The van der Waals surface area contributed by atoms with Crippen molar-refractivity contribution in [1.82, 2.24) is 5.32 Å². The second-order valence-corrected chi connectivity index (χ2v) is 7.45. The predicted octanol–water partition coefficient (Wildman–Crippen LogP) is 1.36. The summed E-state index contributed by atoms with van der Waals surface area (Å²) in [6.45, 7) is 2.89. The fourth-order valence-corrected chi connectivity index (χ4v) is 3.47. The van der Waals surface area contributed by atoms with Gasteiger partial charge in [-0.3, -0.25) is 0 Å². The molecule has 1 aliphatic carbocycles. The van der Waals surface area contributed by atoms with Crippen LogP contribution in [0.4, 0.5) is 0 Å². The Bertz CT molecular complexity index is 297. The topological polar surface area (TPSA) is 55.4 Å². The Balaban J connectivity index is 2.26. The third-order valence-corrected chi connectivity index (χ3v) is 5.69. The molecule has 17 heavy (non-hydrogen) atoms. The molecule has 0 amide bonds. The lowest BCUT2D eigenvalue weighted by molar-refractivity contribution is 0.199. The molecule has 1 fully saturated rings. The molecule has 4 nitrogen and oxygen atoms in total. The molecule has 1 aliphatic rings. The van der Waals surface area contributed by atoms with Crippen LogP contribution in [0.2, 0.25) is 0 Å². The number of nitrogens with one attached hydrogen (secondary N) is 1. The number of sulfone groups is 1. The van der Waals surface area contributed by atoms with Crippen LogP contribution in [0.3, 0.4) is 0 Å². The van der Waals surface area contributed by atoms with Crippen LogP contribution < -0.4 is 5.32 Å². The Morgan fingerprint density at radius 3 is 2.59 bits per heavy atom. The van der Waals surface area contributed by atoms with Crippen molar-refractivity contribution in [3.63, 3.8) is 0 Å². The number of rotatable bonds is 8. The molecule has 0 aliphatic heterocycles. The van der Waals surface area contributed by atoms with Crippen LogP contribution in [0.15, 0.2) is 0 Å². The first-order valence-corrected chi connectivity index (χ1v) is 8.21. The molecule has 0 aromatic carbocycles. The summed E-state index contributed by atoms with van der Waals surface area (Å²) in [5.41, 5.74) is 0. The van der Waals surface area contributed by atoms with Crippen LogP contribution in [-0.4, -0.2) is 45.7 Å². The van der Waals surface area contributed by atoms with Crippen LogP contribution in [0.5, 0.6) is 0 Å². The quantitative estimate of drug-likeness (QED) is 0.672. The summed E-state index contributed by atoms with van der Waals surface area (Å²) in [6, 6.07) is 0.534. The Morgan fingerprint density at radius 2 is 2.00 bits per heavy atom. The van der Waals surface area contributed by atoms with Gasteiger partial charge in [-0.05, 0) is 26.2 Å². The fourth-order valence-electron chi connectivity index (χ4n) is 2.20. The van der Waals surface area contributed by atoms with Crippen molar-refractivity contribution < 1.29 is 13.2 Å². The van der Waals surface area contributed by atoms with E-state index in [-0.39, 0.29) is 11.0 Å². The Labute approximate surface area is 105 Å². The van der Waals surface area contributed by atoms with Gasteiger partial charge in [0.25, 0.3) is 0 Å². The third kappa shape index (κ3) is 5.36. The summed E-state index contributed by atoms with van der Waals surface area (Å²) in [4.78, 5) is 0. The first-order valence-electron chi connectivity index (χ1n) is 6.50. The van der Waals surface area contributed by atoms with Gasteiger partial charge in [0.05, 0.1) is 11.0 Å². The molecular weight excluding hydrogens is 238 g/mol. The molecular formula is C12H25NO3S. The summed E-state index contributed by atoms with van der Waals surface area (Å²) in [5.74, 6) is 0.231. The molecule has 0 aromatic rings. The summed E-state index contributed by atoms with van der Waals surface area (Å²) >= 11 is 0. The van der Waals surface area contributed by atoms with E-state index in [0.717, 1.165) is 0 Å². The first-order chi connectivity index (χ1) is 8.06. The molecule has 1 unspecified atom stereocenters. The summed E-state index contributed by atoms with van der Waals surface area (Å²) in [5, 5.41) is 3.08. The largest absolute Gasteiger partial charge is 0.385 e. The Morgan fingerprint density at radius 1 is 1.35 bits per heavy atom. The number of methoxy groups -OCH3 is 1. The van der Waals surface area contributed by atoms with Crippen molar-refractivity contribution in [2.75, 3.05) is 26.0 Å². The zero-order valence-electron chi connectivity index (χ0n) is 10.9. The summed E-state index contributed by atoms with van der Waals surface area (Å²) < 4.78 is 28.7. The highest BCUT2D eigenvalue weighted by Gasteiger charge is 2.22. The van der Waals surface area contributed by atoms with Crippen molar-refractivity contribution in [2.45, 2.75) is 50.3 Å². The van der Waals surface area contributed by atoms with E-state index in [2.05, 4.69) is 5.32 Å². The number of hydrogen-bond donors (Lipinski definition) is 1. The van der Waals surface area contributed by atoms with Gasteiger partial charge in [-0.2, -0.15) is 0 Å². The molecule has 0 saturated heterocycles. The molecule has 102 valence electrons. The van der Waals surface area contributed by atoms with Gasteiger partial charge in [-0.1, -0.05) is 12.8 Å². The van der Waals surface area contributed by atoms with Gasteiger partial charge < -0.3 is 10.1 Å². The minimum atomic E-state index is -2.97. The second-order valence-electron chi connectivity index (χ2n) is 4.91. The van der Waals surface area contributed by atoms with E-state index in [4.69, 9.17) is 4.74 Å². The number of hydrogen-bond acceptors (Lipinski definition) is 4. The van der Waals surface area contributed by atoms with Gasteiger partial charge >= 0.3 is 0 Å². The molecule has 0 spiro atoms. The molecule has 1 N–H and O–H groups in total. The SMILES string of the molecule is COCCCS(=O)(=O)C(C)CNC1CCCC1. The molecule has 0 aromatic heterocycles. The van der Waals surface area contributed by atoms with E-state index in [1.807, 2.05) is 0 Å². The van der Waals surface area contributed by atoms with Crippen LogP contribution in [0.25, 0.3) is 0 Å². The van der Waals surface area contributed by atoms with Crippen LogP contribution in [0.1, 0.15) is 39.0 Å². The van der Waals surface area contributed by atoms with E-state index >= 15 is 0 Å². The average molecular weight is 263 g/mol. The van der Waals surface area contributed by atoms with Crippen molar-refractivity contribution in [3.05, 3.63) is 0 Å². The maximum atomic E-state index is 11.9. The van der Waals surface area contributed by atoms with Crippen LogP contribution in [-0.2, 0) is 14.6 Å². The lowest BCUT2D eigenvalue weighted by Gasteiger charge is -2.17. The molecule has 1 rings (SSSR count). The van der Waals surface area contributed by atoms with Crippen molar-refractivity contribution >= 4 is 9.84 Å². The minimum absolute atomic E-state index is 0.231. The summed E-state index contributed by atoms with van der Waals surface area (Å²) in [6.07, 6.45) is 5.51. The fraction of sp³-hybridized carbons (Fsp3) is 1.00.